The summed E-state index contributed by atoms with van der Waals surface area (Å²) in [5, 5.41) is 0.496. The Labute approximate surface area is 147 Å². The maximum Gasteiger partial charge on any atom is 0.334 e. The van der Waals surface area contributed by atoms with Gasteiger partial charge in [-0.3, -0.25) is 4.57 Å². The van der Waals surface area contributed by atoms with Crippen molar-refractivity contribution in [1.82, 2.24) is 0 Å². The molecule has 0 N–H and O–H groups in total. The average Bonchev–Trinajstić information content (AvgIpc) is 2.95. The summed E-state index contributed by atoms with van der Waals surface area (Å²) in [6, 6.07) is 18.9. The van der Waals surface area contributed by atoms with Gasteiger partial charge in [-0.25, -0.2) is 4.79 Å². The molecule has 5 heteroatoms. The molecule has 0 fully saturated rings. The van der Waals surface area contributed by atoms with Crippen molar-refractivity contribution < 1.29 is 18.6 Å². The van der Waals surface area contributed by atoms with Crippen LogP contribution in [0, 0.1) is 0 Å². The van der Waals surface area contributed by atoms with Crippen molar-refractivity contribution in [2.45, 2.75) is 19.0 Å². The summed E-state index contributed by atoms with van der Waals surface area (Å²) >= 11 is 0. The molecular formula is C20H21O4P. The van der Waals surface area contributed by atoms with Gasteiger partial charge < -0.3 is 9.26 Å². The van der Waals surface area contributed by atoms with Crippen LogP contribution in [0.25, 0.3) is 5.31 Å². The summed E-state index contributed by atoms with van der Waals surface area (Å²) in [6.45, 7) is 2.13. The van der Waals surface area contributed by atoms with Gasteiger partial charge in [0.2, 0.25) is 7.37 Å². The van der Waals surface area contributed by atoms with Crippen LogP contribution in [-0.2, 0) is 18.6 Å². The SMILES string of the molecule is CCO[P@]1(=O)C(c2ccccc2)=C(C(=O)OC)C[C@H]1c1ccccc1. The smallest absolute Gasteiger partial charge is 0.334 e. The zero-order chi connectivity index (χ0) is 17.9. The first kappa shape index (κ1) is 17.7. The largest absolute Gasteiger partial charge is 0.466 e. The highest BCUT2D eigenvalue weighted by molar-refractivity contribution is 7.70. The van der Waals surface area contributed by atoms with Crippen LogP contribution in [0.15, 0.2) is 66.2 Å². The number of hydrogen-bond acceptors (Lipinski definition) is 4. The van der Waals surface area contributed by atoms with Gasteiger partial charge in [-0.05, 0) is 24.5 Å². The van der Waals surface area contributed by atoms with E-state index in [0.29, 0.717) is 23.9 Å². The molecule has 130 valence electrons. The molecule has 0 spiro atoms. The number of hydrogen-bond donors (Lipinski definition) is 0. The molecule has 0 aromatic heterocycles. The first-order chi connectivity index (χ1) is 12.1. The van der Waals surface area contributed by atoms with Crippen LogP contribution in [0.4, 0.5) is 0 Å². The zero-order valence-electron chi connectivity index (χ0n) is 14.3. The van der Waals surface area contributed by atoms with E-state index < -0.39 is 13.3 Å². The Bertz CT molecular complexity index is 827. The van der Waals surface area contributed by atoms with Crippen molar-refractivity contribution in [3.8, 4) is 0 Å². The Morgan fingerprint density at radius 2 is 1.68 bits per heavy atom. The van der Waals surface area contributed by atoms with Gasteiger partial charge in [0.05, 0.1) is 30.3 Å². The van der Waals surface area contributed by atoms with E-state index in [1.165, 1.54) is 7.11 Å². The first-order valence-corrected chi connectivity index (χ1v) is 9.97. The molecule has 3 rings (SSSR count). The fourth-order valence-corrected chi connectivity index (χ4v) is 6.40. The monoisotopic (exact) mass is 356 g/mol. The second-order valence-electron chi connectivity index (χ2n) is 5.83. The highest BCUT2D eigenvalue weighted by atomic mass is 31.2. The standard InChI is InChI=1S/C20H21O4P/c1-3-24-25(22)18(15-10-6-4-7-11-15)14-17(20(21)23-2)19(25)16-12-8-5-9-13-16/h4-13,18H,3,14H2,1-2H3/t18-,25-/m0/s1. The van der Waals surface area contributed by atoms with E-state index >= 15 is 0 Å². The minimum Gasteiger partial charge on any atom is -0.466 e. The average molecular weight is 356 g/mol. The van der Waals surface area contributed by atoms with E-state index in [9.17, 15) is 9.36 Å². The van der Waals surface area contributed by atoms with Crippen LogP contribution in [0.5, 0.6) is 0 Å². The number of ether oxygens (including phenoxy) is 1. The maximum atomic E-state index is 14.0. The van der Waals surface area contributed by atoms with Crippen molar-refractivity contribution in [3.05, 3.63) is 77.4 Å². The summed E-state index contributed by atoms with van der Waals surface area (Å²) in [4.78, 5) is 12.4. The van der Waals surface area contributed by atoms with Crippen molar-refractivity contribution in [3.63, 3.8) is 0 Å². The second-order valence-corrected chi connectivity index (χ2v) is 8.35. The topological polar surface area (TPSA) is 52.6 Å². The number of rotatable bonds is 5. The van der Waals surface area contributed by atoms with Gasteiger partial charge in [0.1, 0.15) is 0 Å². The van der Waals surface area contributed by atoms with Gasteiger partial charge in [0, 0.05) is 0 Å². The van der Waals surface area contributed by atoms with Crippen LogP contribution >= 0.6 is 7.37 Å². The van der Waals surface area contributed by atoms with Crippen LogP contribution in [0.2, 0.25) is 0 Å². The van der Waals surface area contributed by atoms with E-state index in [1.807, 2.05) is 67.6 Å². The van der Waals surface area contributed by atoms with E-state index in [4.69, 9.17) is 9.26 Å². The normalized spacial score (nSPS) is 22.9. The molecule has 0 bridgehead atoms. The van der Waals surface area contributed by atoms with Crippen LogP contribution in [0.3, 0.4) is 0 Å². The summed E-state index contributed by atoms with van der Waals surface area (Å²) in [5.41, 5.74) is 1.72. The Balaban J connectivity index is 2.20. The van der Waals surface area contributed by atoms with Crippen LogP contribution in [0.1, 0.15) is 30.1 Å². The fourth-order valence-electron chi connectivity index (χ4n) is 3.34. The van der Waals surface area contributed by atoms with Crippen molar-refractivity contribution in [2.75, 3.05) is 13.7 Å². The maximum absolute atomic E-state index is 14.0. The molecule has 1 aliphatic rings. The minimum atomic E-state index is -3.28. The van der Waals surface area contributed by atoms with Crippen molar-refractivity contribution in [2.24, 2.45) is 0 Å². The van der Waals surface area contributed by atoms with E-state index in [2.05, 4.69) is 0 Å². The van der Waals surface area contributed by atoms with E-state index in [1.54, 1.807) is 0 Å². The number of carbonyl (C=O) groups excluding carboxylic acids is 1. The predicted molar refractivity (Wildman–Crippen MR) is 98.4 cm³/mol. The lowest BCUT2D eigenvalue weighted by atomic mass is 10.0. The molecule has 25 heavy (non-hydrogen) atoms. The van der Waals surface area contributed by atoms with Crippen molar-refractivity contribution in [1.29, 1.82) is 0 Å². The predicted octanol–water partition coefficient (Wildman–Crippen LogP) is 5.03. The third kappa shape index (κ3) is 3.20. The van der Waals surface area contributed by atoms with Crippen LogP contribution < -0.4 is 0 Å². The number of carbonyl (C=O) groups is 1. The molecule has 0 saturated heterocycles. The molecule has 2 atom stereocenters. The summed E-state index contributed by atoms with van der Waals surface area (Å²) in [5.74, 6) is -0.447. The highest BCUT2D eigenvalue weighted by Gasteiger charge is 2.49. The first-order valence-electron chi connectivity index (χ1n) is 8.28. The molecular weight excluding hydrogens is 335 g/mol. The molecule has 2 aromatic carbocycles. The summed E-state index contributed by atoms with van der Waals surface area (Å²) in [6.07, 6.45) is 0.345. The van der Waals surface area contributed by atoms with Gasteiger partial charge in [0.15, 0.2) is 0 Å². The molecule has 0 aliphatic carbocycles. The zero-order valence-corrected chi connectivity index (χ0v) is 15.2. The molecule has 1 heterocycles. The third-order valence-electron chi connectivity index (χ3n) is 4.39. The molecule has 0 saturated carbocycles. The Morgan fingerprint density at radius 3 is 2.24 bits per heavy atom. The van der Waals surface area contributed by atoms with Gasteiger partial charge >= 0.3 is 5.97 Å². The van der Waals surface area contributed by atoms with Gasteiger partial charge in [-0.1, -0.05) is 60.7 Å². The Hall–Kier alpha value is -2.16. The second kappa shape index (κ2) is 7.38. The lowest BCUT2D eigenvalue weighted by molar-refractivity contribution is -0.136. The molecule has 2 aromatic rings. The third-order valence-corrected chi connectivity index (χ3v) is 7.48. The highest BCUT2D eigenvalue weighted by Crippen LogP contribution is 2.76. The molecule has 0 radical (unpaired) electrons. The van der Waals surface area contributed by atoms with E-state index in [0.717, 1.165) is 11.1 Å². The molecule has 4 nitrogen and oxygen atoms in total. The number of methoxy groups -OCH3 is 1. The molecule has 0 unspecified atom stereocenters. The molecule has 1 aliphatic heterocycles. The van der Waals surface area contributed by atoms with Gasteiger partial charge in [-0.2, -0.15) is 0 Å². The Morgan fingerprint density at radius 1 is 1.08 bits per heavy atom. The molecule has 0 amide bonds. The quantitative estimate of drug-likeness (QED) is 0.557. The lowest BCUT2D eigenvalue weighted by Gasteiger charge is -2.23. The van der Waals surface area contributed by atoms with Crippen LogP contribution in [-0.4, -0.2) is 19.7 Å². The number of esters is 1. The summed E-state index contributed by atoms with van der Waals surface area (Å²) in [7, 11) is -1.93. The van der Waals surface area contributed by atoms with E-state index in [-0.39, 0.29) is 5.66 Å². The fraction of sp³-hybridized carbons (Fsp3) is 0.250. The number of benzene rings is 2. The lowest BCUT2D eigenvalue weighted by Crippen LogP contribution is -2.05. The van der Waals surface area contributed by atoms with Gasteiger partial charge in [-0.15, -0.1) is 0 Å². The summed E-state index contributed by atoms with van der Waals surface area (Å²) < 4.78 is 24.8. The minimum absolute atomic E-state index is 0.311. The van der Waals surface area contributed by atoms with Crippen molar-refractivity contribution >= 4 is 18.7 Å². The Kier molecular flexibility index (Phi) is 5.22. The van der Waals surface area contributed by atoms with Gasteiger partial charge in [0.25, 0.3) is 0 Å².